The maximum Gasteiger partial charge on any atom is 0.269 e. The van der Waals surface area contributed by atoms with Gasteiger partial charge < -0.3 is 0 Å². The highest BCUT2D eigenvalue weighted by molar-refractivity contribution is 6.26. The van der Waals surface area contributed by atoms with Crippen molar-refractivity contribution in [2.24, 2.45) is 5.10 Å². The number of non-ortho nitro benzene ring substituents is 1. The van der Waals surface area contributed by atoms with E-state index in [-0.39, 0.29) is 17.9 Å². The molecule has 0 fully saturated rings. The number of nitrogens with one attached hydrogen (secondary N) is 1. The van der Waals surface area contributed by atoms with Crippen molar-refractivity contribution in [3.63, 3.8) is 0 Å². The monoisotopic (exact) mass is 281 g/mol. The van der Waals surface area contributed by atoms with E-state index in [0.717, 1.165) is 5.56 Å². The summed E-state index contributed by atoms with van der Waals surface area (Å²) in [6, 6.07) is 13.3. The van der Waals surface area contributed by atoms with Gasteiger partial charge in [-0.15, -0.1) is 0 Å². The molecule has 0 radical (unpaired) electrons. The fourth-order valence-electron chi connectivity index (χ4n) is 2.21. The SMILES string of the molecule is O=C1C/C(=N\Nc2ccc([N+](=O)[O-])cc2)c2ccccc21. The molecule has 0 saturated heterocycles. The van der Waals surface area contributed by atoms with E-state index in [4.69, 9.17) is 0 Å². The van der Waals surface area contributed by atoms with E-state index < -0.39 is 4.92 Å². The molecule has 0 aliphatic heterocycles. The second-order valence-electron chi connectivity index (χ2n) is 4.62. The molecule has 0 heterocycles. The summed E-state index contributed by atoms with van der Waals surface area (Å²) in [5, 5.41) is 14.8. The molecule has 6 heteroatoms. The number of fused-ring (bicyclic) bond motifs is 1. The van der Waals surface area contributed by atoms with Crippen molar-refractivity contribution in [1.29, 1.82) is 0 Å². The van der Waals surface area contributed by atoms with Gasteiger partial charge in [0.2, 0.25) is 0 Å². The Kier molecular flexibility index (Phi) is 3.19. The van der Waals surface area contributed by atoms with Crippen LogP contribution >= 0.6 is 0 Å². The number of carbonyl (C=O) groups is 1. The summed E-state index contributed by atoms with van der Waals surface area (Å²) in [5.41, 5.74) is 5.67. The second kappa shape index (κ2) is 5.16. The summed E-state index contributed by atoms with van der Waals surface area (Å²) in [4.78, 5) is 21.9. The van der Waals surface area contributed by atoms with Crippen molar-refractivity contribution in [3.8, 4) is 0 Å². The highest BCUT2D eigenvalue weighted by Gasteiger charge is 2.24. The number of hydrogen-bond acceptors (Lipinski definition) is 5. The van der Waals surface area contributed by atoms with E-state index in [0.29, 0.717) is 17.0 Å². The maximum absolute atomic E-state index is 11.8. The van der Waals surface area contributed by atoms with Gasteiger partial charge in [0.05, 0.1) is 22.7 Å². The summed E-state index contributed by atoms with van der Waals surface area (Å²) >= 11 is 0. The first-order valence-corrected chi connectivity index (χ1v) is 6.35. The molecule has 21 heavy (non-hydrogen) atoms. The zero-order valence-corrected chi connectivity index (χ0v) is 10.9. The van der Waals surface area contributed by atoms with Gasteiger partial charge in [0.15, 0.2) is 5.78 Å². The largest absolute Gasteiger partial charge is 0.294 e. The minimum atomic E-state index is -0.457. The van der Waals surface area contributed by atoms with Crippen LogP contribution in [0.1, 0.15) is 22.3 Å². The Morgan fingerprint density at radius 3 is 2.38 bits per heavy atom. The summed E-state index contributed by atoms with van der Waals surface area (Å²) in [6.07, 6.45) is 0.263. The zero-order valence-electron chi connectivity index (χ0n) is 10.9. The van der Waals surface area contributed by atoms with Gasteiger partial charge in [0.25, 0.3) is 5.69 Å². The molecule has 0 amide bonds. The first-order chi connectivity index (χ1) is 10.1. The van der Waals surface area contributed by atoms with Crippen LogP contribution in [0.4, 0.5) is 11.4 Å². The lowest BCUT2D eigenvalue weighted by Gasteiger charge is -2.02. The van der Waals surface area contributed by atoms with Gasteiger partial charge in [-0.1, -0.05) is 24.3 Å². The molecule has 104 valence electrons. The lowest BCUT2D eigenvalue weighted by atomic mass is 10.1. The minimum Gasteiger partial charge on any atom is -0.294 e. The molecule has 0 atom stereocenters. The first kappa shape index (κ1) is 13.0. The maximum atomic E-state index is 11.8. The van der Waals surface area contributed by atoms with Gasteiger partial charge in [-0.25, -0.2) is 0 Å². The lowest BCUT2D eigenvalue weighted by Crippen LogP contribution is -2.00. The summed E-state index contributed by atoms with van der Waals surface area (Å²) in [5.74, 6) is 0.0508. The Morgan fingerprint density at radius 2 is 1.71 bits per heavy atom. The molecule has 1 aliphatic rings. The van der Waals surface area contributed by atoms with Gasteiger partial charge in [-0.2, -0.15) is 5.10 Å². The van der Waals surface area contributed by atoms with Gasteiger partial charge in [0.1, 0.15) is 0 Å². The molecule has 0 saturated carbocycles. The predicted octanol–water partition coefficient (Wildman–Crippen LogP) is 3.00. The van der Waals surface area contributed by atoms with Crippen LogP contribution in [0.15, 0.2) is 53.6 Å². The van der Waals surface area contributed by atoms with Crippen LogP contribution in [0.2, 0.25) is 0 Å². The summed E-state index contributed by atoms with van der Waals surface area (Å²) < 4.78 is 0. The van der Waals surface area contributed by atoms with Gasteiger partial charge in [-0.05, 0) is 12.1 Å². The smallest absolute Gasteiger partial charge is 0.269 e. The minimum absolute atomic E-state index is 0.0228. The van der Waals surface area contributed by atoms with Crippen molar-refractivity contribution in [2.75, 3.05) is 5.43 Å². The third kappa shape index (κ3) is 2.51. The van der Waals surface area contributed by atoms with E-state index >= 15 is 0 Å². The predicted molar refractivity (Wildman–Crippen MR) is 78.6 cm³/mol. The molecule has 1 N–H and O–H groups in total. The Morgan fingerprint density at radius 1 is 1.05 bits per heavy atom. The number of benzene rings is 2. The fraction of sp³-hybridized carbons (Fsp3) is 0.0667. The van der Waals surface area contributed by atoms with E-state index in [9.17, 15) is 14.9 Å². The molecule has 0 bridgehead atoms. The van der Waals surface area contributed by atoms with Crippen molar-refractivity contribution in [2.45, 2.75) is 6.42 Å². The third-order valence-electron chi connectivity index (χ3n) is 3.26. The first-order valence-electron chi connectivity index (χ1n) is 6.35. The van der Waals surface area contributed by atoms with Crippen LogP contribution < -0.4 is 5.43 Å². The average Bonchev–Trinajstić information content (AvgIpc) is 2.83. The Balaban J connectivity index is 1.81. The molecule has 0 unspecified atom stereocenters. The van der Waals surface area contributed by atoms with Crippen molar-refractivity contribution < 1.29 is 9.72 Å². The van der Waals surface area contributed by atoms with E-state index in [1.165, 1.54) is 12.1 Å². The topological polar surface area (TPSA) is 84.6 Å². The molecule has 1 aliphatic carbocycles. The summed E-state index contributed by atoms with van der Waals surface area (Å²) in [6.45, 7) is 0. The summed E-state index contributed by atoms with van der Waals surface area (Å²) in [7, 11) is 0. The van der Waals surface area contributed by atoms with Gasteiger partial charge in [-0.3, -0.25) is 20.3 Å². The van der Waals surface area contributed by atoms with Crippen LogP contribution in [0.3, 0.4) is 0 Å². The number of hydrazone groups is 1. The molecular formula is C15H11N3O3. The molecule has 0 spiro atoms. The van der Waals surface area contributed by atoms with E-state index in [2.05, 4.69) is 10.5 Å². The molecule has 2 aromatic rings. The molecule has 3 rings (SSSR count). The standard InChI is InChI=1S/C15H11N3O3/c19-15-9-14(12-3-1-2-4-13(12)15)17-16-10-5-7-11(8-6-10)18(20)21/h1-8,16H,9H2/b17-14+. The number of anilines is 1. The number of rotatable bonds is 3. The van der Waals surface area contributed by atoms with Crippen LogP contribution in [-0.2, 0) is 0 Å². The number of nitrogens with zero attached hydrogens (tertiary/aromatic N) is 2. The number of hydrogen-bond donors (Lipinski definition) is 1. The molecular weight excluding hydrogens is 270 g/mol. The van der Waals surface area contributed by atoms with E-state index in [1.807, 2.05) is 18.2 Å². The van der Waals surface area contributed by atoms with Gasteiger partial charge in [0, 0.05) is 23.3 Å². The zero-order chi connectivity index (χ0) is 14.8. The van der Waals surface area contributed by atoms with Crippen molar-refractivity contribution >= 4 is 22.9 Å². The van der Waals surface area contributed by atoms with E-state index in [1.54, 1.807) is 18.2 Å². The highest BCUT2D eigenvalue weighted by atomic mass is 16.6. The number of Topliss-reactive ketones (excluding diaryl/α,β-unsaturated/α-hetero) is 1. The Hall–Kier alpha value is -3.02. The highest BCUT2D eigenvalue weighted by Crippen LogP contribution is 2.23. The van der Waals surface area contributed by atoms with Crippen LogP contribution in [0, 0.1) is 10.1 Å². The Bertz CT molecular complexity index is 751. The van der Waals surface area contributed by atoms with Crippen LogP contribution in [-0.4, -0.2) is 16.4 Å². The third-order valence-corrected chi connectivity index (χ3v) is 3.26. The van der Waals surface area contributed by atoms with Gasteiger partial charge >= 0.3 is 0 Å². The average molecular weight is 281 g/mol. The fourth-order valence-corrected chi connectivity index (χ4v) is 2.21. The number of ketones is 1. The lowest BCUT2D eigenvalue weighted by molar-refractivity contribution is -0.384. The number of nitro groups is 1. The molecule has 6 nitrogen and oxygen atoms in total. The Labute approximate surface area is 120 Å². The normalized spacial score (nSPS) is 15.0. The number of nitro benzene ring substituents is 1. The number of carbonyl (C=O) groups excluding carboxylic acids is 1. The van der Waals surface area contributed by atoms with Crippen molar-refractivity contribution in [3.05, 3.63) is 69.8 Å². The van der Waals surface area contributed by atoms with Crippen LogP contribution in [0.5, 0.6) is 0 Å². The molecule has 2 aromatic carbocycles. The second-order valence-corrected chi connectivity index (χ2v) is 4.62. The van der Waals surface area contributed by atoms with Crippen LogP contribution in [0.25, 0.3) is 0 Å². The quantitative estimate of drug-likeness (QED) is 0.692. The molecule has 0 aromatic heterocycles. The van der Waals surface area contributed by atoms with Crippen molar-refractivity contribution in [1.82, 2.24) is 0 Å².